The van der Waals surface area contributed by atoms with Gasteiger partial charge < -0.3 is 4.42 Å². The van der Waals surface area contributed by atoms with E-state index in [9.17, 15) is 14.9 Å². The minimum Gasteiger partial charge on any atom is -0.469 e. The van der Waals surface area contributed by atoms with Gasteiger partial charge in [-0.1, -0.05) is 29.8 Å². The minimum atomic E-state index is -0.676. The number of aryl methyl sites for hydroxylation is 1. The van der Waals surface area contributed by atoms with Gasteiger partial charge in [-0.15, -0.1) is 11.8 Å². The van der Waals surface area contributed by atoms with Crippen LogP contribution in [-0.4, -0.2) is 22.4 Å². The Hall–Kier alpha value is -2.91. The van der Waals surface area contributed by atoms with Crippen LogP contribution in [0.15, 0.2) is 63.3 Å². The van der Waals surface area contributed by atoms with E-state index in [1.54, 1.807) is 31.2 Å². The van der Waals surface area contributed by atoms with E-state index in [4.69, 9.17) is 4.42 Å². The van der Waals surface area contributed by atoms with Crippen LogP contribution in [0.2, 0.25) is 0 Å². The number of furan rings is 1. The topological polar surface area (TPSA) is 83.4 Å². The first-order valence-corrected chi connectivity index (χ1v) is 9.87. The van der Waals surface area contributed by atoms with Gasteiger partial charge >= 0.3 is 0 Å². The summed E-state index contributed by atoms with van der Waals surface area (Å²) in [6.07, 6.45) is 1.52. The summed E-state index contributed by atoms with van der Waals surface area (Å²) in [6, 6.07) is 13.1. The normalized spacial score (nSPS) is 19.1. The third-order valence-corrected chi connectivity index (χ3v) is 5.72. The second-order valence-corrected chi connectivity index (χ2v) is 7.68. The molecule has 2 aromatic rings. The number of nitriles is 1. The van der Waals surface area contributed by atoms with Crippen molar-refractivity contribution in [3.05, 3.63) is 70.8 Å². The molecule has 6 heteroatoms. The number of ketones is 2. The number of allylic oxidation sites excluding steroid dienone is 2. The molecule has 0 spiro atoms. The van der Waals surface area contributed by atoms with Gasteiger partial charge in [0, 0.05) is 16.8 Å². The van der Waals surface area contributed by atoms with Crippen LogP contribution < -0.4 is 0 Å². The zero-order valence-electron chi connectivity index (χ0n) is 15.9. The molecule has 2 atom stereocenters. The van der Waals surface area contributed by atoms with Crippen LogP contribution in [0, 0.1) is 24.2 Å². The lowest BCUT2D eigenvalue weighted by Crippen LogP contribution is -2.28. The number of nitrogens with zero attached hydrogens (tertiary/aromatic N) is 2. The Labute approximate surface area is 168 Å². The van der Waals surface area contributed by atoms with Crippen molar-refractivity contribution >= 4 is 28.4 Å². The zero-order valence-corrected chi connectivity index (χ0v) is 16.7. The van der Waals surface area contributed by atoms with Crippen molar-refractivity contribution in [3.63, 3.8) is 0 Å². The van der Waals surface area contributed by atoms with Crippen LogP contribution in [0.3, 0.4) is 0 Å². The van der Waals surface area contributed by atoms with Crippen molar-refractivity contribution < 1.29 is 14.0 Å². The van der Waals surface area contributed by atoms with Crippen LogP contribution in [0.5, 0.6) is 0 Å². The van der Waals surface area contributed by atoms with Crippen molar-refractivity contribution in [1.29, 1.82) is 5.26 Å². The van der Waals surface area contributed by atoms with E-state index in [1.807, 2.05) is 19.1 Å². The summed E-state index contributed by atoms with van der Waals surface area (Å²) in [5.41, 5.74) is 2.76. The van der Waals surface area contributed by atoms with Crippen molar-refractivity contribution in [2.75, 3.05) is 5.75 Å². The smallest absolute Gasteiger partial charge is 0.173 e. The quantitative estimate of drug-likeness (QED) is 0.689. The molecule has 5 nitrogen and oxygen atoms in total. The van der Waals surface area contributed by atoms with Gasteiger partial charge in [-0.05, 0) is 32.9 Å². The van der Waals surface area contributed by atoms with Gasteiger partial charge in [-0.25, -0.2) is 4.99 Å². The lowest BCUT2D eigenvalue weighted by Gasteiger charge is -2.27. The molecule has 0 amide bonds. The van der Waals surface area contributed by atoms with E-state index in [2.05, 4.69) is 11.1 Å². The molecule has 28 heavy (non-hydrogen) atoms. The number of carbonyl (C=O) groups is 2. The zero-order chi connectivity index (χ0) is 20.3. The van der Waals surface area contributed by atoms with E-state index >= 15 is 0 Å². The largest absolute Gasteiger partial charge is 0.469 e. The molecule has 142 valence electrons. The highest BCUT2D eigenvalue weighted by atomic mass is 32.2. The van der Waals surface area contributed by atoms with Gasteiger partial charge in [-0.3, -0.25) is 9.59 Å². The Morgan fingerprint density at radius 2 is 1.93 bits per heavy atom. The van der Waals surface area contributed by atoms with E-state index < -0.39 is 11.8 Å². The molecule has 1 aromatic heterocycles. The third-order valence-electron chi connectivity index (χ3n) is 4.67. The highest BCUT2D eigenvalue weighted by Gasteiger charge is 2.39. The minimum absolute atomic E-state index is 0.0297. The Bertz CT molecular complexity index is 995. The van der Waals surface area contributed by atoms with E-state index in [0.717, 1.165) is 5.56 Å². The van der Waals surface area contributed by atoms with Gasteiger partial charge in [0.15, 0.2) is 11.6 Å². The number of hydrogen-bond acceptors (Lipinski definition) is 6. The van der Waals surface area contributed by atoms with Gasteiger partial charge in [0.2, 0.25) is 0 Å². The third kappa shape index (κ3) is 4.00. The number of benzene rings is 1. The summed E-state index contributed by atoms with van der Waals surface area (Å²) in [7, 11) is 0. The number of aliphatic imine (C=N–C) groups is 1. The summed E-state index contributed by atoms with van der Waals surface area (Å²) in [6.45, 7) is 5.19. The number of carbonyl (C=O) groups excluding carboxylic acids is 2. The Morgan fingerprint density at radius 1 is 1.21 bits per heavy atom. The molecule has 1 unspecified atom stereocenters. The van der Waals surface area contributed by atoms with E-state index in [1.165, 1.54) is 24.9 Å². The summed E-state index contributed by atoms with van der Waals surface area (Å²) in [5, 5.41) is 10.4. The maximum atomic E-state index is 12.5. The second-order valence-electron chi connectivity index (χ2n) is 6.68. The maximum Gasteiger partial charge on any atom is 0.173 e. The fraction of sp³-hybridized carbons (Fsp3) is 0.273. The van der Waals surface area contributed by atoms with Gasteiger partial charge in [-0.2, -0.15) is 5.26 Å². The molecule has 0 fully saturated rings. The summed E-state index contributed by atoms with van der Waals surface area (Å²) in [4.78, 5) is 29.2. The van der Waals surface area contributed by atoms with Gasteiger partial charge in [0.25, 0.3) is 0 Å². The Balaban J connectivity index is 1.88. The van der Waals surface area contributed by atoms with Crippen LogP contribution in [0.1, 0.15) is 41.4 Å². The molecule has 1 aliphatic heterocycles. The standard InChI is InChI=1S/C22H20N2O3S/c1-13-6-8-16(9-7-13)18(26)12-28-22-17(11-23)21(19-5-4-10-27-19)20(15(3)25)14(2)24-22/h4-10,17,21H,12H2,1-3H3/t17?,21-/m0/s1. The molecule has 2 heterocycles. The molecule has 1 aliphatic rings. The molecule has 0 bridgehead atoms. The molecule has 0 saturated carbocycles. The Kier molecular flexibility index (Phi) is 5.96. The highest BCUT2D eigenvalue weighted by Crippen LogP contribution is 2.41. The first-order chi connectivity index (χ1) is 13.4. The Morgan fingerprint density at radius 3 is 2.50 bits per heavy atom. The summed E-state index contributed by atoms with van der Waals surface area (Å²) >= 11 is 1.25. The summed E-state index contributed by atoms with van der Waals surface area (Å²) < 4.78 is 5.52. The molecule has 1 aromatic carbocycles. The first kappa shape index (κ1) is 19.8. The van der Waals surface area contributed by atoms with Crippen molar-refractivity contribution in [2.45, 2.75) is 26.7 Å². The average molecular weight is 392 g/mol. The summed E-state index contributed by atoms with van der Waals surface area (Å²) in [5.74, 6) is -0.640. The molecule has 0 radical (unpaired) electrons. The highest BCUT2D eigenvalue weighted by molar-refractivity contribution is 8.14. The fourth-order valence-corrected chi connectivity index (χ4v) is 4.31. The van der Waals surface area contributed by atoms with Crippen molar-refractivity contribution in [1.82, 2.24) is 0 Å². The predicted molar refractivity (Wildman–Crippen MR) is 109 cm³/mol. The molecular weight excluding hydrogens is 372 g/mol. The molecule has 0 N–H and O–H groups in total. The lowest BCUT2D eigenvalue weighted by molar-refractivity contribution is -0.114. The number of hydrogen-bond donors (Lipinski definition) is 0. The van der Waals surface area contributed by atoms with Crippen LogP contribution in [0.25, 0.3) is 0 Å². The predicted octanol–water partition coefficient (Wildman–Crippen LogP) is 4.70. The number of rotatable bonds is 5. The van der Waals surface area contributed by atoms with E-state index in [0.29, 0.717) is 27.6 Å². The first-order valence-electron chi connectivity index (χ1n) is 8.88. The van der Waals surface area contributed by atoms with Crippen molar-refractivity contribution in [2.24, 2.45) is 10.9 Å². The van der Waals surface area contributed by atoms with Crippen LogP contribution in [-0.2, 0) is 4.79 Å². The molecule has 0 saturated heterocycles. The van der Waals surface area contributed by atoms with Gasteiger partial charge in [0.05, 0.1) is 29.0 Å². The fourth-order valence-electron chi connectivity index (χ4n) is 3.29. The lowest BCUT2D eigenvalue weighted by atomic mass is 9.80. The SMILES string of the molecule is CC(=O)C1=C(C)N=C(SCC(=O)c2ccc(C)cc2)C(C#N)[C@H]1c1ccco1. The van der Waals surface area contributed by atoms with E-state index in [-0.39, 0.29) is 17.3 Å². The molecule has 0 aliphatic carbocycles. The van der Waals surface area contributed by atoms with Gasteiger partial charge in [0.1, 0.15) is 11.7 Å². The number of thioether (sulfide) groups is 1. The second kappa shape index (κ2) is 8.41. The molecular formula is C22H20N2O3S. The van der Waals surface area contributed by atoms with Crippen LogP contribution >= 0.6 is 11.8 Å². The van der Waals surface area contributed by atoms with Crippen LogP contribution in [0.4, 0.5) is 0 Å². The average Bonchev–Trinajstić information content (AvgIpc) is 3.20. The molecule has 3 rings (SSSR count). The number of Topliss-reactive ketones (excluding diaryl/α,β-unsaturated/α-hetero) is 2. The van der Waals surface area contributed by atoms with Crippen molar-refractivity contribution in [3.8, 4) is 6.07 Å². The monoisotopic (exact) mass is 392 g/mol. The maximum absolute atomic E-state index is 12.5.